The van der Waals surface area contributed by atoms with Gasteiger partial charge in [0.1, 0.15) is 5.56 Å². The van der Waals surface area contributed by atoms with Crippen LogP contribution >= 0.6 is 0 Å². The Kier molecular flexibility index (Phi) is 6.16. The molecule has 7 aromatic rings. The van der Waals surface area contributed by atoms with Gasteiger partial charge in [-0.15, -0.1) is 9.13 Å². The summed E-state index contributed by atoms with van der Waals surface area (Å²) in [5.41, 5.74) is 20.3. The summed E-state index contributed by atoms with van der Waals surface area (Å²) in [5, 5.41) is 0. The number of fused-ring (bicyclic) bond motifs is 9. The first kappa shape index (κ1) is 28.2. The van der Waals surface area contributed by atoms with Crippen molar-refractivity contribution >= 4 is 0 Å². The number of benzene rings is 4. The van der Waals surface area contributed by atoms with Crippen molar-refractivity contribution in [1.82, 2.24) is 0 Å². The van der Waals surface area contributed by atoms with E-state index in [1.54, 1.807) is 0 Å². The molecule has 3 nitrogen and oxygen atoms in total. The van der Waals surface area contributed by atoms with Crippen molar-refractivity contribution in [2.24, 2.45) is 0 Å². The fraction of sp³-hybridized carbons (Fsp3) is 0.170. The number of pyridine rings is 3. The second-order valence-corrected chi connectivity index (χ2v) is 14.7. The van der Waals surface area contributed by atoms with Gasteiger partial charge in [-0.25, -0.2) is 0 Å². The summed E-state index contributed by atoms with van der Waals surface area (Å²) in [5.74, 6) is 0. The van der Waals surface area contributed by atoms with Crippen LogP contribution in [0, 0.1) is 0 Å². The van der Waals surface area contributed by atoms with Gasteiger partial charge in [0.2, 0.25) is 23.1 Å². The fourth-order valence-corrected chi connectivity index (χ4v) is 9.37. The maximum absolute atomic E-state index is 2.60. The molecule has 0 fully saturated rings. The third-order valence-electron chi connectivity index (χ3n) is 11.7. The molecule has 0 spiro atoms. The van der Waals surface area contributed by atoms with Gasteiger partial charge in [0.15, 0.2) is 18.6 Å². The van der Waals surface area contributed by atoms with Gasteiger partial charge in [0, 0.05) is 46.0 Å². The van der Waals surface area contributed by atoms with Gasteiger partial charge < -0.3 is 0 Å². The fourth-order valence-electron chi connectivity index (χ4n) is 9.37. The second kappa shape index (κ2) is 10.9. The maximum Gasteiger partial charge on any atom is 0.381 e. The summed E-state index contributed by atoms with van der Waals surface area (Å²) in [6, 6.07) is 49.1. The van der Waals surface area contributed by atoms with Crippen molar-refractivity contribution in [1.29, 1.82) is 0 Å². The van der Waals surface area contributed by atoms with Crippen LogP contribution < -0.4 is 13.7 Å². The summed E-state index contributed by atoms with van der Waals surface area (Å²) in [7, 11) is 0. The van der Waals surface area contributed by atoms with E-state index >= 15 is 0 Å². The van der Waals surface area contributed by atoms with Crippen LogP contribution in [0.2, 0.25) is 0 Å². The number of nitrogens with zero attached hydrogens (tertiary/aromatic N) is 3. The Morgan fingerprint density at radius 2 is 0.700 bits per heavy atom. The van der Waals surface area contributed by atoms with E-state index in [0.717, 1.165) is 38.5 Å². The lowest BCUT2D eigenvalue weighted by Gasteiger charge is -2.16. The second-order valence-electron chi connectivity index (χ2n) is 14.7. The van der Waals surface area contributed by atoms with Gasteiger partial charge >= 0.3 is 6.17 Å². The Hall–Kier alpha value is -5.67. The highest BCUT2D eigenvalue weighted by atomic mass is 15.2. The molecule has 0 radical (unpaired) electrons. The molecule has 8 heterocycles. The quantitative estimate of drug-likeness (QED) is 0.149. The molecule has 3 aromatic heterocycles. The summed E-state index contributed by atoms with van der Waals surface area (Å²) >= 11 is 0. The van der Waals surface area contributed by atoms with E-state index in [0.29, 0.717) is 0 Å². The maximum atomic E-state index is 2.60. The van der Waals surface area contributed by atoms with Crippen molar-refractivity contribution in [3.05, 3.63) is 196 Å². The van der Waals surface area contributed by atoms with Gasteiger partial charge in [0.05, 0.1) is 16.7 Å². The standard InChI is InChI=1S/C47H38N3/c1-4-10-40-37(7-1)43-22-19-31-13-16-34-25-35-17-14-32-20-23-44(38-8-2-5-11-41(38)46(40)48(43)28-31)49(29-32)47-42-12-6-3-9-39(42)45-24-21-33(30-50(45)47)15-18-36(26-34)27-35/h1-12,19-30,46-47H,13-18H2/q+3. The Balaban J connectivity index is 1.23. The van der Waals surface area contributed by atoms with E-state index < -0.39 is 0 Å². The van der Waals surface area contributed by atoms with Crippen LogP contribution in [0.5, 0.6) is 0 Å². The van der Waals surface area contributed by atoms with Gasteiger partial charge in [-0.1, -0.05) is 66.7 Å². The smallest absolute Gasteiger partial charge is 0.186 e. The van der Waals surface area contributed by atoms with Crippen LogP contribution in [0.25, 0.3) is 33.8 Å². The van der Waals surface area contributed by atoms with Gasteiger partial charge in [-0.2, -0.15) is 4.57 Å². The highest BCUT2D eigenvalue weighted by Crippen LogP contribution is 2.41. The Morgan fingerprint density at radius 3 is 1.18 bits per heavy atom. The molecule has 5 aliphatic heterocycles. The third-order valence-corrected chi connectivity index (χ3v) is 11.7. The topological polar surface area (TPSA) is 11.6 Å². The number of hydrogen-bond donors (Lipinski definition) is 0. The normalized spacial score (nSPS) is 17.5. The zero-order chi connectivity index (χ0) is 32.8. The number of hydrogen-bond acceptors (Lipinski definition) is 0. The Morgan fingerprint density at radius 1 is 0.340 bits per heavy atom. The molecular formula is C47H38N3+3. The molecule has 4 aromatic carbocycles. The van der Waals surface area contributed by atoms with E-state index in [-0.39, 0.29) is 12.2 Å². The van der Waals surface area contributed by atoms with Gasteiger partial charge in [-0.05, 0) is 97.7 Å². The number of rotatable bonds is 0. The van der Waals surface area contributed by atoms with Gasteiger partial charge in [-0.3, -0.25) is 0 Å². The van der Waals surface area contributed by atoms with E-state index in [4.69, 9.17) is 0 Å². The highest BCUT2D eigenvalue weighted by molar-refractivity contribution is 5.70. The van der Waals surface area contributed by atoms with E-state index in [1.807, 2.05) is 0 Å². The minimum atomic E-state index is 0.0148. The molecule has 3 heteroatoms. The summed E-state index contributed by atoms with van der Waals surface area (Å²) < 4.78 is 7.72. The third kappa shape index (κ3) is 4.32. The van der Waals surface area contributed by atoms with Crippen molar-refractivity contribution in [3.63, 3.8) is 0 Å². The SMILES string of the molecule is c1ccc2c(c1)-c1ccc3c[n+]1C2c1ccccc1-c1ccc2c[n+]1C1c4ccccc4-c4ccc(c[n+]41)CCc1cc(cc(c1)CC2)CC3. The predicted octanol–water partition coefficient (Wildman–Crippen LogP) is 7.89. The molecule has 0 N–H and O–H groups in total. The lowest BCUT2D eigenvalue weighted by molar-refractivity contribution is -0.921. The molecule has 10 bridgehead atoms. The molecule has 0 aliphatic carbocycles. The number of aromatic nitrogens is 3. The minimum absolute atomic E-state index is 0.0148. The average molecular weight is 645 g/mol. The highest BCUT2D eigenvalue weighted by Gasteiger charge is 2.46. The molecule has 0 saturated heterocycles. The van der Waals surface area contributed by atoms with Crippen LogP contribution in [0.15, 0.2) is 146 Å². The molecule has 12 rings (SSSR count). The molecule has 2 unspecified atom stereocenters. The first-order valence-corrected chi connectivity index (χ1v) is 18.3. The monoisotopic (exact) mass is 644 g/mol. The lowest BCUT2D eigenvalue weighted by atomic mass is 9.91. The predicted molar refractivity (Wildman–Crippen MR) is 196 cm³/mol. The first-order chi connectivity index (χ1) is 24.7. The van der Waals surface area contributed by atoms with Crippen LogP contribution in [0.1, 0.15) is 62.3 Å². The van der Waals surface area contributed by atoms with Crippen LogP contribution in [0.3, 0.4) is 0 Å². The van der Waals surface area contributed by atoms with Crippen LogP contribution in [-0.4, -0.2) is 0 Å². The zero-order valence-corrected chi connectivity index (χ0v) is 28.1. The largest absolute Gasteiger partial charge is 0.381 e. The van der Waals surface area contributed by atoms with Crippen LogP contribution in [0.4, 0.5) is 0 Å². The molecule has 0 amide bonds. The van der Waals surface area contributed by atoms with E-state index in [2.05, 4.69) is 160 Å². The molecule has 50 heavy (non-hydrogen) atoms. The van der Waals surface area contributed by atoms with Crippen LogP contribution in [-0.2, 0) is 38.5 Å². The summed E-state index contributed by atoms with van der Waals surface area (Å²) in [6.07, 6.45) is 13.6. The summed E-state index contributed by atoms with van der Waals surface area (Å²) in [4.78, 5) is 0. The lowest BCUT2D eigenvalue weighted by Crippen LogP contribution is -2.57. The van der Waals surface area contributed by atoms with E-state index in [1.165, 1.54) is 83.8 Å². The van der Waals surface area contributed by atoms with Crippen molar-refractivity contribution < 1.29 is 13.7 Å². The Labute approximate surface area is 293 Å². The zero-order valence-electron chi connectivity index (χ0n) is 28.1. The van der Waals surface area contributed by atoms with E-state index in [9.17, 15) is 0 Å². The molecular weight excluding hydrogens is 607 g/mol. The first-order valence-electron chi connectivity index (χ1n) is 18.3. The molecule has 0 saturated carbocycles. The minimum Gasteiger partial charge on any atom is -0.186 e. The molecule has 2 atom stereocenters. The van der Waals surface area contributed by atoms with Gasteiger partial charge in [0.25, 0.3) is 0 Å². The van der Waals surface area contributed by atoms with Crippen molar-refractivity contribution in [2.45, 2.75) is 50.7 Å². The number of aryl methyl sites for hydroxylation is 6. The summed E-state index contributed by atoms with van der Waals surface area (Å²) in [6.45, 7) is 0. The molecule has 238 valence electrons. The Bertz CT molecular complexity index is 2520. The molecule has 5 aliphatic rings. The van der Waals surface area contributed by atoms with Crippen molar-refractivity contribution in [2.75, 3.05) is 0 Å². The average Bonchev–Trinajstić information content (AvgIpc) is 3.67. The van der Waals surface area contributed by atoms with Crippen molar-refractivity contribution in [3.8, 4) is 33.8 Å².